The molecule has 0 bridgehead atoms. The van der Waals surface area contributed by atoms with E-state index in [1.54, 1.807) is 0 Å². The average Bonchev–Trinajstić information content (AvgIpc) is 2.28. The van der Waals surface area contributed by atoms with Crippen LogP contribution in [0.1, 0.15) is 46.5 Å². The zero-order valence-corrected chi connectivity index (χ0v) is 10.8. The highest BCUT2D eigenvalue weighted by molar-refractivity contribution is 5.26. The molecule has 0 aromatic heterocycles. The summed E-state index contributed by atoms with van der Waals surface area (Å²) in [6, 6.07) is 0. The van der Waals surface area contributed by atoms with Crippen molar-refractivity contribution in [2.75, 3.05) is 0 Å². The molecule has 1 rings (SSSR count). The van der Waals surface area contributed by atoms with Crippen molar-refractivity contribution in [2.24, 2.45) is 5.92 Å². The summed E-state index contributed by atoms with van der Waals surface area (Å²) in [7, 11) is 0. The van der Waals surface area contributed by atoms with Crippen molar-refractivity contribution in [3.05, 3.63) is 36.1 Å². The monoisotopic (exact) mass is 220 g/mol. The van der Waals surface area contributed by atoms with E-state index in [-0.39, 0.29) is 0 Å². The van der Waals surface area contributed by atoms with Crippen LogP contribution in [-0.4, -0.2) is 6.10 Å². The highest BCUT2D eigenvalue weighted by Crippen LogP contribution is 2.27. The third-order valence-electron chi connectivity index (χ3n) is 3.25. The van der Waals surface area contributed by atoms with Gasteiger partial charge in [0.25, 0.3) is 0 Å². The van der Waals surface area contributed by atoms with Gasteiger partial charge in [-0.05, 0) is 57.1 Å². The molecular formula is C15H24O. The normalized spacial score (nSPS) is 27.7. The third kappa shape index (κ3) is 3.88. The van der Waals surface area contributed by atoms with Gasteiger partial charge in [0.1, 0.15) is 5.76 Å². The van der Waals surface area contributed by atoms with E-state index in [1.807, 2.05) is 19.1 Å². The molecule has 1 nitrogen and oxygen atoms in total. The zero-order valence-electron chi connectivity index (χ0n) is 10.8. The Labute approximate surface area is 99.9 Å². The lowest BCUT2D eigenvalue weighted by Crippen LogP contribution is -2.20. The maximum Gasteiger partial charge on any atom is 0.122 e. The summed E-state index contributed by atoms with van der Waals surface area (Å²) in [6.45, 7) is 10.2. The predicted molar refractivity (Wildman–Crippen MR) is 70.2 cm³/mol. The van der Waals surface area contributed by atoms with Crippen molar-refractivity contribution in [3.63, 3.8) is 0 Å². The first-order valence-corrected chi connectivity index (χ1v) is 6.30. The van der Waals surface area contributed by atoms with Crippen molar-refractivity contribution in [1.82, 2.24) is 0 Å². The third-order valence-corrected chi connectivity index (χ3v) is 3.25. The number of rotatable bonds is 4. The summed E-state index contributed by atoms with van der Waals surface area (Å²) < 4.78 is 6.01. The van der Waals surface area contributed by atoms with Crippen molar-refractivity contribution in [1.29, 1.82) is 0 Å². The molecule has 0 aromatic rings. The molecule has 0 N–H and O–H groups in total. The molecule has 1 aliphatic carbocycles. The Balaban J connectivity index is 2.57. The molecule has 1 fully saturated rings. The maximum atomic E-state index is 6.01. The molecule has 0 aromatic carbocycles. The quantitative estimate of drug-likeness (QED) is 0.496. The van der Waals surface area contributed by atoms with Crippen molar-refractivity contribution in [2.45, 2.75) is 52.6 Å². The molecule has 1 heteroatoms. The molecule has 16 heavy (non-hydrogen) atoms. The maximum absolute atomic E-state index is 6.01. The van der Waals surface area contributed by atoms with Gasteiger partial charge in [0.2, 0.25) is 0 Å². The summed E-state index contributed by atoms with van der Waals surface area (Å²) >= 11 is 0. The van der Waals surface area contributed by atoms with Gasteiger partial charge < -0.3 is 4.74 Å². The number of hydrogen-bond acceptors (Lipinski definition) is 1. The highest BCUT2D eigenvalue weighted by Gasteiger charge is 2.19. The Hall–Kier alpha value is -0.980. The van der Waals surface area contributed by atoms with E-state index >= 15 is 0 Å². The molecule has 90 valence electrons. The Kier molecular flexibility index (Phi) is 5.37. The van der Waals surface area contributed by atoms with Gasteiger partial charge in [0, 0.05) is 0 Å². The van der Waals surface area contributed by atoms with Gasteiger partial charge in [0.15, 0.2) is 0 Å². The van der Waals surface area contributed by atoms with E-state index in [9.17, 15) is 0 Å². The first-order chi connectivity index (χ1) is 7.67. The van der Waals surface area contributed by atoms with Crippen LogP contribution in [-0.2, 0) is 4.74 Å². The van der Waals surface area contributed by atoms with Crippen LogP contribution in [0, 0.1) is 5.92 Å². The lowest BCUT2D eigenvalue weighted by Gasteiger charge is -2.27. The minimum atomic E-state index is 0.393. The van der Waals surface area contributed by atoms with Crippen molar-refractivity contribution in [3.8, 4) is 0 Å². The molecule has 0 aliphatic heterocycles. The van der Waals surface area contributed by atoms with Gasteiger partial charge in [-0.25, -0.2) is 0 Å². The second-order valence-electron chi connectivity index (χ2n) is 4.75. The van der Waals surface area contributed by atoms with E-state index in [0.717, 1.165) is 17.3 Å². The highest BCUT2D eigenvalue weighted by atomic mass is 16.5. The standard InChI is InChI=1S/C15H24O/c1-5-7-13(4)15(6-2)16-14-10-8-12(3)9-11-14/h5-7,12,14H,2,8-11H2,1,3-4H3/b7-5-,15-13-. The van der Waals surface area contributed by atoms with Crippen molar-refractivity contribution >= 4 is 0 Å². The Bertz CT molecular complexity index is 278. The summed E-state index contributed by atoms with van der Waals surface area (Å²) in [5.41, 5.74) is 1.16. The molecule has 0 heterocycles. The van der Waals surface area contributed by atoms with Gasteiger partial charge >= 0.3 is 0 Å². The average molecular weight is 220 g/mol. The van der Waals surface area contributed by atoms with E-state index in [4.69, 9.17) is 4.74 Å². The second-order valence-corrected chi connectivity index (χ2v) is 4.75. The van der Waals surface area contributed by atoms with Crippen LogP contribution in [0.25, 0.3) is 0 Å². The molecule has 0 amide bonds. The molecule has 0 saturated heterocycles. The number of allylic oxidation sites excluding steroid dienone is 4. The zero-order chi connectivity index (χ0) is 12.0. The Morgan fingerprint density at radius 1 is 1.25 bits per heavy atom. The van der Waals surface area contributed by atoms with Crippen LogP contribution in [0.4, 0.5) is 0 Å². The fraction of sp³-hybridized carbons (Fsp3) is 0.600. The Morgan fingerprint density at radius 2 is 1.88 bits per heavy atom. The number of ether oxygens (including phenoxy) is 1. The van der Waals surface area contributed by atoms with Crippen molar-refractivity contribution < 1.29 is 4.74 Å². The van der Waals surface area contributed by atoms with Crippen LogP contribution in [0.2, 0.25) is 0 Å². The lowest BCUT2D eigenvalue weighted by molar-refractivity contribution is 0.0758. The molecule has 1 aliphatic rings. The van der Waals surface area contributed by atoms with Gasteiger partial charge in [-0.2, -0.15) is 0 Å². The van der Waals surface area contributed by atoms with Crippen LogP contribution >= 0.6 is 0 Å². The molecular weight excluding hydrogens is 196 g/mol. The largest absolute Gasteiger partial charge is 0.490 e. The van der Waals surface area contributed by atoms with E-state index in [1.165, 1.54) is 25.7 Å². The van der Waals surface area contributed by atoms with E-state index in [2.05, 4.69) is 26.5 Å². The fourth-order valence-electron chi connectivity index (χ4n) is 2.16. The molecule has 0 atom stereocenters. The number of hydrogen-bond donors (Lipinski definition) is 0. The fourth-order valence-corrected chi connectivity index (χ4v) is 2.16. The second kappa shape index (κ2) is 6.57. The summed E-state index contributed by atoms with van der Waals surface area (Å²) in [6.07, 6.45) is 11.3. The lowest BCUT2D eigenvalue weighted by atomic mass is 9.89. The minimum absolute atomic E-state index is 0.393. The summed E-state index contributed by atoms with van der Waals surface area (Å²) in [4.78, 5) is 0. The van der Waals surface area contributed by atoms with Gasteiger partial charge in [-0.15, -0.1) is 0 Å². The summed E-state index contributed by atoms with van der Waals surface area (Å²) in [5, 5.41) is 0. The summed E-state index contributed by atoms with van der Waals surface area (Å²) in [5.74, 6) is 1.81. The smallest absolute Gasteiger partial charge is 0.122 e. The van der Waals surface area contributed by atoms with Gasteiger partial charge in [-0.1, -0.05) is 25.7 Å². The van der Waals surface area contributed by atoms with Crippen LogP contribution in [0.5, 0.6) is 0 Å². The van der Waals surface area contributed by atoms with Gasteiger partial charge in [0.05, 0.1) is 6.10 Å². The minimum Gasteiger partial charge on any atom is -0.490 e. The molecule has 0 radical (unpaired) electrons. The van der Waals surface area contributed by atoms with Gasteiger partial charge in [-0.3, -0.25) is 0 Å². The first kappa shape index (κ1) is 13.1. The van der Waals surface area contributed by atoms with Crippen LogP contribution < -0.4 is 0 Å². The molecule has 0 unspecified atom stereocenters. The topological polar surface area (TPSA) is 9.23 Å². The van der Waals surface area contributed by atoms with E-state index < -0.39 is 0 Å². The predicted octanol–water partition coefficient (Wildman–Crippen LogP) is 4.62. The SMILES string of the molecule is C=C/C(OC1CCC(C)CC1)=C(C)/C=C\C. The Morgan fingerprint density at radius 3 is 2.38 bits per heavy atom. The first-order valence-electron chi connectivity index (χ1n) is 6.30. The van der Waals surface area contributed by atoms with E-state index in [0.29, 0.717) is 6.10 Å². The van der Waals surface area contributed by atoms with Crippen LogP contribution in [0.3, 0.4) is 0 Å². The molecule has 0 spiro atoms. The van der Waals surface area contributed by atoms with Crippen LogP contribution in [0.15, 0.2) is 36.1 Å². The molecule has 1 saturated carbocycles.